The summed E-state index contributed by atoms with van der Waals surface area (Å²) in [5.41, 5.74) is 4.20. The third kappa shape index (κ3) is 5.03. The summed E-state index contributed by atoms with van der Waals surface area (Å²) in [5.74, 6) is 0.932. The van der Waals surface area contributed by atoms with Crippen molar-refractivity contribution in [1.29, 1.82) is 0 Å². The predicted molar refractivity (Wildman–Crippen MR) is 107 cm³/mol. The van der Waals surface area contributed by atoms with E-state index in [9.17, 15) is 4.79 Å². The zero-order valence-corrected chi connectivity index (χ0v) is 16.2. The summed E-state index contributed by atoms with van der Waals surface area (Å²) in [7, 11) is 0. The van der Waals surface area contributed by atoms with E-state index >= 15 is 0 Å². The molecule has 1 N–H and O–H groups in total. The Labute approximate surface area is 159 Å². The number of hydrogen-bond donors (Lipinski definition) is 1. The fourth-order valence-electron chi connectivity index (χ4n) is 2.67. The monoisotopic (exact) mass is 363 g/mol. The third-order valence-electron chi connectivity index (χ3n) is 4.38. The highest BCUT2D eigenvalue weighted by molar-refractivity contribution is 5.90. The van der Waals surface area contributed by atoms with Crippen molar-refractivity contribution in [3.05, 3.63) is 65.5 Å². The van der Waals surface area contributed by atoms with Gasteiger partial charge in [-0.25, -0.2) is 0 Å². The number of aryl methyl sites for hydroxylation is 2. The molecule has 140 valence electrons. The zero-order chi connectivity index (χ0) is 19.4. The lowest BCUT2D eigenvalue weighted by molar-refractivity contribution is -0.116. The summed E-state index contributed by atoms with van der Waals surface area (Å²) in [5, 5.41) is 6.90. The van der Waals surface area contributed by atoms with Crippen molar-refractivity contribution in [3.63, 3.8) is 0 Å². The third-order valence-corrected chi connectivity index (χ3v) is 4.38. The Kier molecular flexibility index (Phi) is 5.40. The van der Waals surface area contributed by atoms with E-state index in [4.69, 9.17) is 4.52 Å². The Morgan fingerprint density at radius 3 is 2.33 bits per heavy atom. The number of nitrogens with one attached hydrogen (secondary N) is 1. The molecule has 1 heterocycles. The van der Waals surface area contributed by atoms with Crippen LogP contribution in [0.25, 0.3) is 11.4 Å². The molecule has 0 aliphatic rings. The molecule has 0 saturated heterocycles. The van der Waals surface area contributed by atoms with Crippen LogP contribution in [0.2, 0.25) is 0 Å². The predicted octanol–water partition coefficient (Wildman–Crippen LogP) is 4.91. The Balaban J connectivity index is 1.57. The lowest BCUT2D eigenvalue weighted by Gasteiger charge is -2.18. The van der Waals surface area contributed by atoms with Crippen molar-refractivity contribution in [1.82, 2.24) is 10.1 Å². The van der Waals surface area contributed by atoms with Crippen LogP contribution >= 0.6 is 0 Å². The van der Waals surface area contributed by atoms with Gasteiger partial charge in [-0.15, -0.1) is 0 Å². The van der Waals surface area contributed by atoms with Gasteiger partial charge < -0.3 is 9.84 Å². The van der Waals surface area contributed by atoms with Crippen LogP contribution in [0.4, 0.5) is 5.69 Å². The van der Waals surface area contributed by atoms with Crippen molar-refractivity contribution in [3.8, 4) is 11.4 Å². The number of aromatic nitrogens is 2. The highest BCUT2D eigenvalue weighted by Gasteiger charge is 2.15. The molecule has 0 unspecified atom stereocenters. The molecular weight excluding hydrogens is 338 g/mol. The minimum Gasteiger partial charge on any atom is -0.339 e. The molecule has 0 aliphatic heterocycles. The summed E-state index contributed by atoms with van der Waals surface area (Å²) < 4.78 is 5.29. The van der Waals surface area contributed by atoms with Crippen molar-refractivity contribution < 1.29 is 9.32 Å². The average molecular weight is 363 g/mol. The number of anilines is 1. The largest absolute Gasteiger partial charge is 0.339 e. The second-order valence-corrected chi connectivity index (χ2v) is 7.75. The van der Waals surface area contributed by atoms with E-state index in [1.165, 1.54) is 5.56 Å². The molecular formula is C22H25N3O2. The number of amides is 1. The quantitative estimate of drug-likeness (QED) is 0.699. The summed E-state index contributed by atoms with van der Waals surface area (Å²) >= 11 is 0. The molecule has 0 saturated carbocycles. The average Bonchev–Trinajstić information content (AvgIpc) is 3.10. The van der Waals surface area contributed by atoms with Crippen molar-refractivity contribution >= 4 is 11.6 Å². The molecule has 3 rings (SSSR count). The van der Waals surface area contributed by atoms with Crippen LogP contribution in [-0.4, -0.2) is 16.0 Å². The Morgan fingerprint density at radius 1 is 1.04 bits per heavy atom. The van der Waals surface area contributed by atoms with Gasteiger partial charge in [0.15, 0.2) is 0 Å². The van der Waals surface area contributed by atoms with Crippen LogP contribution in [0, 0.1) is 6.92 Å². The lowest BCUT2D eigenvalue weighted by atomic mass is 9.87. The van der Waals surface area contributed by atoms with E-state index in [2.05, 4.69) is 48.4 Å². The van der Waals surface area contributed by atoms with Crippen LogP contribution in [0.1, 0.15) is 44.2 Å². The van der Waals surface area contributed by atoms with Crippen LogP contribution in [0.15, 0.2) is 53.1 Å². The smallest absolute Gasteiger partial charge is 0.227 e. The van der Waals surface area contributed by atoms with E-state index in [0.717, 1.165) is 16.8 Å². The van der Waals surface area contributed by atoms with E-state index in [-0.39, 0.29) is 11.3 Å². The summed E-state index contributed by atoms with van der Waals surface area (Å²) in [6.07, 6.45) is 0.698. The number of carbonyl (C=O) groups is 1. The Morgan fingerprint density at radius 2 is 1.70 bits per heavy atom. The number of nitrogens with zero attached hydrogens (tertiary/aromatic N) is 2. The van der Waals surface area contributed by atoms with Gasteiger partial charge >= 0.3 is 0 Å². The molecule has 1 aromatic heterocycles. The van der Waals surface area contributed by atoms with Crippen LogP contribution < -0.4 is 5.32 Å². The van der Waals surface area contributed by atoms with Gasteiger partial charge in [0, 0.05) is 24.1 Å². The fourth-order valence-corrected chi connectivity index (χ4v) is 2.67. The number of rotatable bonds is 5. The molecule has 0 spiro atoms. The van der Waals surface area contributed by atoms with Crippen LogP contribution in [0.3, 0.4) is 0 Å². The second-order valence-electron chi connectivity index (χ2n) is 7.75. The molecule has 3 aromatic rings. The molecule has 0 radical (unpaired) electrons. The van der Waals surface area contributed by atoms with Gasteiger partial charge in [0.2, 0.25) is 17.6 Å². The Bertz CT molecular complexity index is 904. The highest BCUT2D eigenvalue weighted by atomic mass is 16.5. The zero-order valence-electron chi connectivity index (χ0n) is 16.2. The van der Waals surface area contributed by atoms with Gasteiger partial charge in [0.25, 0.3) is 0 Å². The summed E-state index contributed by atoms with van der Waals surface area (Å²) in [4.78, 5) is 16.5. The highest BCUT2D eigenvalue weighted by Crippen LogP contribution is 2.25. The number of benzene rings is 2. The van der Waals surface area contributed by atoms with Crippen molar-refractivity contribution in [2.24, 2.45) is 0 Å². The Hall–Kier alpha value is -2.95. The topological polar surface area (TPSA) is 68.0 Å². The molecule has 0 atom stereocenters. The number of carbonyl (C=O) groups excluding carboxylic acids is 1. The van der Waals surface area contributed by atoms with Crippen molar-refractivity contribution in [2.75, 3.05) is 5.32 Å². The maximum absolute atomic E-state index is 12.1. The molecule has 0 bridgehead atoms. The summed E-state index contributed by atoms with van der Waals surface area (Å²) in [6.45, 7) is 8.54. The minimum absolute atomic E-state index is 0.0758. The molecule has 5 heteroatoms. The van der Waals surface area contributed by atoms with Gasteiger partial charge in [0.05, 0.1) is 0 Å². The van der Waals surface area contributed by atoms with Gasteiger partial charge in [-0.3, -0.25) is 4.79 Å². The number of hydrogen-bond acceptors (Lipinski definition) is 4. The standard InChI is InChI=1S/C22H25N3O2/c1-15-5-11-18(12-6-15)23-19(26)13-14-20-24-21(25-27-20)16-7-9-17(10-8-16)22(2,3)4/h5-12H,13-14H2,1-4H3,(H,23,26). The first kappa shape index (κ1) is 18.8. The molecule has 5 nitrogen and oxygen atoms in total. The maximum Gasteiger partial charge on any atom is 0.227 e. The first-order valence-electron chi connectivity index (χ1n) is 9.11. The van der Waals surface area contributed by atoms with Crippen molar-refractivity contribution in [2.45, 2.75) is 46.0 Å². The second kappa shape index (κ2) is 7.74. The molecule has 2 aromatic carbocycles. The fraction of sp³-hybridized carbons (Fsp3) is 0.318. The van der Waals surface area contributed by atoms with Crippen LogP contribution in [0.5, 0.6) is 0 Å². The van der Waals surface area contributed by atoms with Gasteiger partial charge in [-0.1, -0.05) is 67.9 Å². The first-order chi connectivity index (χ1) is 12.8. The van der Waals surface area contributed by atoms with Crippen LogP contribution in [-0.2, 0) is 16.6 Å². The molecule has 1 amide bonds. The molecule has 0 fully saturated rings. The lowest BCUT2D eigenvalue weighted by Crippen LogP contribution is -2.12. The van der Waals surface area contributed by atoms with Gasteiger partial charge in [-0.2, -0.15) is 4.98 Å². The van der Waals surface area contributed by atoms with Gasteiger partial charge in [-0.05, 0) is 30.0 Å². The SMILES string of the molecule is Cc1ccc(NC(=O)CCc2nc(-c3ccc(C(C)(C)C)cc3)no2)cc1. The summed E-state index contributed by atoms with van der Waals surface area (Å²) in [6, 6.07) is 15.9. The van der Waals surface area contributed by atoms with E-state index in [1.807, 2.05) is 43.3 Å². The normalized spacial score (nSPS) is 11.4. The van der Waals surface area contributed by atoms with E-state index in [0.29, 0.717) is 24.6 Å². The van der Waals surface area contributed by atoms with E-state index in [1.54, 1.807) is 0 Å². The molecule has 27 heavy (non-hydrogen) atoms. The first-order valence-corrected chi connectivity index (χ1v) is 9.11. The minimum atomic E-state index is -0.0758. The molecule has 0 aliphatic carbocycles. The maximum atomic E-state index is 12.1. The van der Waals surface area contributed by atoms with E-state index < -0.39 is 0 Å². The van der Waals surface area contributed by atoms with Gasteiger partial charge in [0.1, 0.15) is 0 Å².